The lowest BCUT2D eigenvalue weighted by molar-refractivity contribution is -0.147. The van der Waals surface area contributed by atoms with Gasteiger partial charge >= 0.3 is 5.97 Å². The molecule has 0 bridgehead atoms. The van der Waals surface area contributed by atoms with Gasteiger partial charge in [0, 0.05) is 18.2 Å². The van der Waals surface area contributed by atoms with Gasteiger partial charge in [-0.3, -0.25) is 4.79 Å². The molecule has 0 aromatic heterocycles. The molecule has 0 unspecified atom stereocenters. The number of ether oxygens (including phenoxy) is 2. The molecule has 19 heavy (non-hydrogen) atoms. The van der Waals surface area contributed by atoms with Gasteiger partial charge < -0.3 is 9.47 Å². The number of halogens is 2. The van der Waals surface area contributed by atoms with Crippen LogP contribution in [0.3, 0.4) is 0 Å². The molecule has 0 spiro atoms. The van der Waals surface area contributed by atoms with Crippen LogP contribution in [0.5, 0.6) is 5.75 Å². The molecule has 0 heterocycles. The second-order valence-electron chi connectivity index (χ2n) is 4.72. The molecule has 1 fully saturated rings. The Morgan fingerprint density at radius 1 is 1.11 bits per heavy atom. The molecule has 0 amide bonds. The number of methoxy groups -OCH3 is 1. The molecule has 3 nitrogen and oxygen atoms in total. The topological polar surface area (TPSA) is 35.5 Å². The lowest BCUT2D eigenvalue weighted by Gasteiger charge is -2.27. The van der Waals surface area contributed by atoms with Crippen LogP contribution in [0.15, 0.2) is 18.2 Å². The van der Waals surface area contributed by atoms with Crippen molar-refractivity contribution in [2.75, 3.05) is 7.11 Å². The Bertz CT molecular complexity index is 434. The molecule has 0 radical (unpaired) electrons. The summed E-state index contributed by atoms with van der Waals surface area (Å²) >= 11 is 0. The van der Waals surface area contributed by atoms with Crippen LogP contribution in [0.25, 0.3) is 0 Å². The first-order chi connectivity index (χ1) is 9.08. The van der Waals surface area contributed by atoms with E-state index in [0.717, 1.165) is 18.2 Å². The Balaban J connectivity index is 1.90. The summed E-state index contributed by atoms with van der Waals surface area (Å²) in [6.07, 6.45) is 2.60. The highest BCUT2D eigenvalue weighted by Crippen LogP contribution is 2.28. The van der Waals surface area contributed by atoms with E-state index in [1.165, 1.54) is 7.11 Å². The summed E-state index contributed by atoms with van der Waals surface area (Å²) in [6, 6.07) is 3.13. The zero-order chi connectivity index (χ0) is 13.8. The van der Waals surface area contributed by atoms with Gasteiger partial charge in [0.05, 0.1) is 19.1 Å². The maximum Gasteiger partial charge on any atom is 0.308 e. The molecule has 2 rings (SSSR count). The van der Waals surface area contributed by atoms with E-state index in [1.54, 1.807) is 0 Å². The molecule has 1 aromatic rings. The van der Waals surface area contributed by atoms with Crippen LogP contribution >= 0.6 is 0 Å². The molecule has 104 valence electrons. The zero-order valence-electron chi connectivity index (χ0n) is 10.7. The van der Waals surface area contributed by atoms with Crippen molar-refractivity contribution in [2.45, 2.75) is 31.8 Å². The smallest absolute Gasteiger partial charge is 0.308 e. The highest BCUT2D eigenvalue weighted by atomic mass is 19.1. The van der Waals surface area contributed by atoms with E-state index in [1.807, 2.05) is 0 Å². The summed E-state index contributed by atoms with van der Waals surface area (Å²) in [5.74, 6) is -1.40. The van der Waals surface area contributed by atoms with Gasteiger partial charge in [-0.05, 0) is 25.7 Å². The first-order valence-electron chi connectivity index (χ1n) is 6.29. The van der Waals surface area contributed by atoms with Crippen molar-refractivity contribution in [3.05, 3.63) is 29.8 Å². The summed E-state index contributed by atoms with van der Waals surface area (Å²) in [6.45, 7) is 0. The van der Waals surface area contributed by atoms with Gasteiger partial charge in [0.15, 0.2) is 0 Å². The first-order valence-corrected chi connectivity index (χ1v) is 6.29. The summed E-state index contributed by atoms with van der Waals surface area (Å²) in [7, 11) is 1.38. The van der Waals surface area contributed by atoms with E-state index >= 15 is 0 Å². The number of carbonyl (C=O) groups excluding carboxylic acids is 1. The monoisotopic (exact) mass is 270 g/mol. The molecule has 0 N–H and O–H groups in total. The van der Waals surface area contributed by atoms with Crippen molar-refractivity contribution in [1.29, 1.82) is 0 Å². The third kappa shape index (κ3) is 3.66. The van der Waals surface area contributed by atoms with E-state index in [9.17, 15) is 13.6 Å². The highest BCUT2D eigenvalue weighted by molar-refractivity contribution is 5.72. The highest BCUT2D eigenvalue weighted by Gasteiger charge is 2.27. The van der Waals surface area contributed by atoms with Crippen molar-refractivity contribution in [3.8, 4) is 5.75 Å². The molecular formula is C14H16F2O3. The first kappa shape index (κ1) is 13.8. The Kier molecular flexibility index (Phi) is 4.35. The Morgan fingerprint density at radius 2 is 1.68 bits per heavy atom. The largest absolute Gasteiger partial charge is 0.490 e. The van der Waals surface area contributed by atoms with Crippen LogP contribution in [-0.2, 0) is 9.53 Å². The number of benzene rings is 1. The molecular weight excluding hydrogens is 254 g/mol. The van der Waals surface area contributed by atoms with Crippen LogP contribution < -0.4 is 4.74 Å². The van der Waals surface area contributed by atoms with E-state index in [4.69, 9.17) is 9.47 Å². The Morgan fingerprint density at radius 3 is 2.21 bits per heavy atom. The van der Waals surface area contributed by atoms with Gasteiger partial charge in [-0.1, -0.05) is 0 Å². The summed E-state index contributed by atoms with van der Waals surface area (Å²) < 4.78 is 36.3. The summed E-state index contributed by atoms with van der Waals surface area (Å²) in [5, 5.41) is 0. The van der Waals surface area contributed by atoms with Crippen LogP contribution in [0.4, 0.5) is 8.78 Å². The van der Waals surface area contributed by atoms with E-state index in [0.29, 0.717) is 25.7 Å². The van der Waals surface area contributed by atoms with E-state index in [-0.39, 0.29) is 23.7 Å². The predicted molar refractivity (Wildman–Crippen MR) is 64.7 cm³/mol. The third-order valence-corrected chi connectivity index (χ3v) is 3.35. The van der Waals surface area contributed by atoms with Crippen molar-refractivity contribution >= 4 is 5.97 Å². The minimum Gasteiger partial charge on any atom is -0.490 e. The number of esters is 1. The van der Waals surface area contributed by atoms with Crippen LogP contribution in [0.1, 0.15) is 25.7 Å². The average molecular weight is 270 g/mol. The van der Waals surface area contributed by atoms with Crippen molar-refractivity contribution in [3.63, 3.8) is 0 Å². The number of hydrogen-bond acceptors (Lipinski definition) is 3. The van der Waals surface area contributed by atoms with E-state index in [2.05, 4.69) is 0 Å². The second kappa shape index (κ2) is 5.99. The normalized spacial score (nSPS) is 22.9. The Hall–Kier alpha value is -1.65. The molecule has 0 aliphatic heterocycles. The van der Waals surface area contributed by atoms with E-state index < -0.39 is 11.6 Å². The maximum atomic E-state index is 13.0. The van der Waals surface area contributed by atoms with Gasteiger partial charge in [0.1, 0.15) is 17.4 Å². The van der Waals surface area contributed by atoms with Crippen molar-refractivity contribution < 1.29 is 23.0 Å². The van der Waals surface area contributed by atoms with Gasteiger partial charge in [0.25, 0.3) is 0 Å². The fourth-order valence-electron chi connectivity index (χ4n) is 2.37. The molecule has 5 heteroatoms. The fraction of sp³-hybridized carbons (Fsp3) is 0.500. The van der Waals surface area contributed by atoms with Crippen molar-refractivity contribution in [2.24, 2.45) is 5.92 Å². The van der Waals surface area contributed by atoms with Crippen LogP contribution in [-0.4, -0.2) is 19.2 Å². The summed E-state index contributed by atoms with van der Waals surface area (Å²) in [5.41, 5.74) is 0. The SMILES string of the molecule is COC(=O)[C@H]1CC[C@H](Oc2cc(F)cc(F)c2)CC1. The van der Waals surface area contributed by atoms with Gasteiger partial charge in [-0.25, -0.2) is 8.78 Å². The number of rotatable bonds is 3. The standard InChI is InChI=1S/C14H16F2O3/c1-18-14(17)9-2-4-12(5-3-9)19-13-7-10(15)6-11(16)8-13/h6-9,12H,2-5H2,1H3/t9-,12-. The maximum absolute atomic E-state index is 13.0. The molecule has 0 atom stereocenters. The quantitative estimate of drug-likeness (QED) is 0.792. The molecule has 1 saturated carbocycles. The van der Waals surface area contributed by atoms with Crippen LogP contribution in [0, 0.1) is 17.6 Å². The Labute approximate surface area is 110 Å². The summed E-state index contributed by atoms with van der Waals surface area (Å²) in [4.78, 5) is 11.4. The zero-order valence-corrected chi connectivity index (χ0v) is 10.7. The van der Waals surface area contributed by atoms with Gasteiger partial charge in [0.2, 0.25) is 0 Å². The average Bonchev–Trinajstić information content (AvgIpc) is 2.37. The molecule has 1 aromatic carbocycles. The fourth-order valence-corrected chi connectivity index (χ4v) is 2.37. The molecule has 1 aliphatic carbocycles. The number of carbonyl (C=O) groups is 1. The molecule has 0 saturated heterocycles. The van der Waals surface area contributed by atoms with Gasteiger partial charge in [-0.15, -0.1) is 0 Å². The third-order valence-electron chi connectivity index (χ3n) is 3.35. The molecule has 1 aliphatic rings. The second-order valence-corrected chi connectivity index (χ2v) is 4.72. The predicted octanol–water partition coefficient (Wildman–Crippen LogP) is 3.08. The lowest BCUT2D eigenvalue weighted by atomic mass is 9.87. The van der Waals surface area contributed by atoms with Crippen molar-refractivity contribution in [1.82, 2.24) is 0 Å². The number of hydrogen-bond donors (Lipinski definition) is 0. The minimum absolute atomic E-state index is 0.0888. The minimum atomic E-state index is -0.654. The lowest BCUT2D eigenvalue weighted by Crippen LogP contribution is -2.28. The van der Waals surface area contributed by atoms with Crippen LogP contribution in [0.2, 0.25) is 0 Å². The van der Waals surface area contributed by atoms with Gasteiger partial charge in [-0.2, -0.15) is 0 Å².